The molecule has 8 rings (SSSR count). The Morgan fingerprint density at radius 3 is 2.11 bits per heavy atom. The smallest absolute Gasteiger partial charge is 0.350 e. The van der Waals surface area contributed by atoms with Crippen LogP contribution in [0.4, 0.5) is 20.2 Å². The molecule has 0 bridgehead atoms. The summed E-state index contributed by atoms with van der Waals surface area (Å²) in [5, 5.41) is 13.3. The number of ether oxygens (including phenoxy) is 3. The second-order valence-electron chi connectivity index (χ2n) is 13.4. The number of piperazine rings is 1. The molecule has 2 aliphatic heterocycles. The highest BCUT2D eigenvalue weighted by Crippen LogP contribution is 2.38. The van der Waals surface area contributed by atoms with Crippen molar-refractivity contribution in [3.05, 3.63) is 125 Å². The zero-order valence-corrected chi connectivity index (χ0v) is 29.5. The number of aromatic nitrogens is 6. The average molecular weight is 723 g/mol. The van der Waals surface area contributed by atoms with E-state index in [-0.39, 0.29) is 37.1 Å². The van der Waals surface area contributed by atoms with E-state index in [1.165, 1.54) is 21.6 Å². The Kier molecular flexibility index (Phi) is 9.39. The monoisotopic (exact) mass is 722 g/mol. The Bertz CT molecular complexity index is 2220. The molecular formula is C39H40F2N8O4. The van der Waals surface area contributed by atoms with Crippen LogP contribution in [-0.4, -0.2) is 74.8 Å². The number of rotatable bonds is 11. The molecule has 0 aliphatic carbocycles. The van der Waals surface area contributed by atoms with Gasteiger partial charge in [0.1, 0.15) is 54.0 Å². The molecule has 12 nitrogen and oxygen atoms in total. The summed E-state index contributed by atoms with van der Waals surface area (Å²) in [5.41, 5.74) is 4.22. The molecule has 4 aromatic carbocycles. The number of benzene rings is 4. The fraction of sp³-hybridized carbons (Fsp3) is 0.333. The van der Waals surface area contributed by atoms with E-state index in [1.807, 2.05) is 79.7 Å². The summed E-state index contributed by atoms with van der Waals surface area (Å²) >= 11 is 0. The number of nitrogens with zero attached hydrogens (tertiary/aromatic N) is 8. The Hall–Kier alpha value is -5.60. The molecule has 3 atom stereocenters. The summed E-state index contributed by atoms with van der Waals surface area (Å²) in [7, 11) is 0. The van der Waals surface area contributed by atoms with Crippen LogP contribution in [0.25, 0.3) is 16.7 Å². The van der Waals surface area contributed by atoms with Crippen molar-refractivity contribution in [2.45, 2.75) is 44.7 Å². The molecule has 1 unspecified atom stereocenters. The van der Waals surface area contributed by atoms with E-state index in [1.54, 1.807) is 10.9 Å². The summed E-state index contributed by atoms with van der Waals surface area (Å²) in [6.07, 6.45) is 1.93. The van der Waals surface area contributed by atoms with E-state index in [0.717, 1.165) is 55.7 Å². The molecule has 2 saturated heterocycles. The maximum atomic E-state index is 15.1. The Balaban J connectivity index is 0.868. The van der Waals surface area contributed by atoms with Crippen LogP contribution in [0, 0.1) is 11.6 Å². The zero-order valence-electron chi connectivity index (χ0n) is 29.5. The topological polar surface area (TPSA) is 105 Å². The predicted molar refractivity (Wildman–Crippen MR) is 196 cm³/mol. The third-order valence-corrected chi connectivity index (χ3v) is 10.0. The molecule has 0 spiro atoms. The first-order valence-electron chi connectivity index (χ1n) is 17.8. The van der Waals surface area contributed by atoms with Gasteiger partial charge in [0.15, 0.2) is 0 Å². The Morgan fingerprint density at radius 2 is 1.49 bits per heavy atom. The lowest BCUT2D eigenvalue weighted by molar-refractivity contribution is -0.194. The summed E-state index contributed by atoms with van der Waals surface area (Å²) in [6.45, 7) is 7.69. The van der Waals surface area contributed by atoms with Crippen LogP contribution in [-0.2, 0) is 21.8 Å². The van der Waals surface area contributed by atoms with E-state index in [4.69, 9.17) is 14.2 Å². The van der Waals surface area contributed by atoms with E-state index in [9.17, 15) is 9.18 Å². The van der Waals surface area contributed by atoms with Gasteiger partial charge in [-0.2, -0.15) is 24.8 Å². The fourth-order valence-corrected chi connectivity index (χ4v) is 6.88. The minimum atomic E-state index is -1.58. The van der Waals surface area contributed by atoms with Crippen molar-refractivity contribution in [3.8, 4) is 11.4 Å². The maximum absolute atomic E-state index is 15.1. The van der Waals surface area contributed by atoms with Gasteiger partial charge in [-0.15, -0.1) is 0 Å². The third kappa shape index (κ3) is 6.99. The van der Waals surface area contributed by atoms with Crippen LogP contribution in [0.2, 0.25) is 0 Å². The van der Waals surface area contributed by atoms with E-state index >= 15 is 4.39 Å². The average Bonchev–Trinajstić information content (AvgIpc) is 3.90. The van der Waals surface area contributed by atoms with Crippen LogP contribution < -0.4 is 20.2 Å². The molecule has 2 fully saturated rings. The largest absolute Gasteiger partial charge is 0.491 e. The second kappa shape index (κ2) is 14.4. The minimum Gasteiger partial charge on any atom is -0.491 e. The molecule has 53 heavy (non-hydrogen) atoms. The summed E-state index contributed by atoms with van der Waals surface area (Å²) < 4.78 is 50.7. The molecule has 4 heterocycles. The second-order valence-corrected chi connectivity index (χ2v) is 13.4. The van der Waals surface area contributed by atoms with Crippen LogP contribution in [0.1, 0.15) is 31.9 Å². The molecular weight excluding hydrogens is 682 g/mol. The highest BCUT2D eigenvalue weighted by atomic mass is 19.1. The molecule has 0 amide bonds. The van der Waals surface area contributed by atoms with Crippen molar-refractivity contribution in [1.82, 2.24) is 29.3 Å². The van der Waals surface area contributed by atoms with Crippen molar-refractivity contribution in [3.63, 3.8) is 0 Å². The van der Waals surface area contributed by atoms with E-state index in [2.05, 4.69) is 32.0 Å². The van der Waals surface area contributed by atoms with Gasteiger partial charge in [0, 0.05) is 55.2 Å². The third-order valence-electron chi connectivity index (χ3n) is 10.0. The normalized spacial score (nSPS) is 19.6. The lowest BCUT2D eigenvalue weighted by Gasteiger charge is -2.37. The van der Waals surface area contributed by atoms with Crippen molar-refractivity contribution in [2.75, 3.05) is 49.2 Å². The SMILES string of the molecule is CCC(C)n1cnn(-c2ccc(N3CCN(c4ccc(OC[C@@H]5CO[C@@](Cn6nc7ccccc7n6)(c6ccc(F)cc6F)O5)cc4)CC3)cc2)c1=O. The summed E-state index contributed by atoms with van der Waals surface area (Å²) in [4.78, 5) is 18.9. The number of anilines is 2. The fourth-order valence-electron chi connectivity index (χ4n) is 6.88. The van der Waals surface area contributed by atoms with Crippen LogP contribution >= 0.6 is 0 Å². The molecule has 0 saturated carbocycles. The highest BCUT2D eigenvalue weighted by Gasteiger charge is 2.46. The number of hydrogen-bond donors (Lipinski definition) is 0. The molecule has 6 aromatic rings. The lowest BCUT2D eigenvalue weighted by atomic mass is 10.0. The highest BCUT2D eigenvalue weighted by molar-refractivity contribution is 5.73. The van der Waals surface area contributed by atoms with Gasteiger partial charge in [-0.1, -0.05) is 19.1 Å². The molecule has 14 heteroatoms. The molecule has 2 aromatic heterocycles. The van der Waals surface area contributed by atoms with Gasteiger partial charge in [0.25, 0.3) is 0 Å². The van der Waals surface area contributed by atoms with Gasteiger partial charge < -0.3 is 24.0 Å². The van der Waals surface area contributed by atoms with Gasteiger partial charge >= 0.3 is 5.69 Å². The Labute approximate surface area is 304 Å². The van der Waals surface area contributed by atoms with Gasteiger partial charge in [0.05, 0.1) is 12.3 Å². The number of halogens is 2. The molecule has 2 aliphatic rings. The van der Waals surface area contributed by atoms with E-state index in [0.29, 0.717) is 16.8 Å². The molecule has 274 valence electrons. The van der Waals surface area contributed by atoms with Crippen LogP contribution in [0.5, 0.6) is 5.75 Å². The standard InChI is InChI=1S/C39H40F2N8O4/c1-3-27(2)47-26-42-49(38(47)50)31-11-9-29(10-12-31)45-18-20-46(21-19-45)30-13-15-32(16-14-30)51-23-33-24-52-39(53-33,34-17-8-28(40)22-35(34)41)25-48-43-36-6-4-5-7-37(36)44-48/h4-17,22,26-27,33H,3,18-21,23-25H2,1-2H3/t27?,33-,39-/m1/s1. The number of hydrogen-bond acceptors (Lipinski definition) is 9. The summed E-state index contributed by atoms with van der Waals surface area (Å²) in [5.74, 6) is -2.39. The predicted octanol–water partition coefficient (Wildman–Crippen LogP) is 5.70. The minimum absolute atomic E-state index is 0.0416. The zero-order chi connectivity index (χ0) is 36.5. The van der Waals surface area contributed by atoms with Gasteiger partial charge in [-0.25, -0.2) is 13.6 Å². The van der Waals surface area contributed by atoms with Crippen LogP contribution in [0.3, 0.4) is 0 Å². The van der Waals surface area contributed by atoms with Crippen molar-refractivity contribution >= 4 is 22.4 Å². The lowest BCUT2D eigenvalue weighted by Crippen LogP contribution is -2.46. The van der Waals surface area contributed by atoms with Crippen LogP contribution in [0.15, 0.2) is 102 Å². The van der Waals surface area contributed by atoms with E-state index < -0.39 is 23.5 Å². The Morgan fingerprint density at radius 1 is 0.868 bits per heavy atom. The van der Waals surface area contributed by atoms with Crippen molar-refractivity contribution < 1.29 is 23.0 Å². The first-order valence-corrected chi connectivity index (χ1v) is 17.8. The number of fused-ring (bicyclic) bond motifs is 1. The molecule has 0 radical (unpaired) electrons. The van der Waals surface area contributed by atoms with Gasteiger partial charge in [0.2, 0.25) is 5.79 Å². The van der Waals surface area contributed by atoms with Crippen molar-refractivity contribution in [2.24, 2.45) is 0 Å². The summed E-state index contributed by atoms with van der Waals surface area (Å²) in [6, 6.07) is 26.7. The van der Waals surface area contributed by atoms with Gasteiger partial charge in [-0.05, 0) is 86.1 Å². The first-order chi connectivity index (χ1) is 25.8. The maximum Gasteiger partial charge on any atom is 0.350 e. The van der Waals surface area contributed by atoms with Gasteiger partial charge in [-0.3, -0.25) is 4.57 Å². The first kappa shape index (κ1) is 34.5. The quantitative estimate of drug-likeness (QED) is 0.167. The van der Waals surface area contributed by atoms with Crippen molar-refractivity contribution in [1.29, 1.82) is 0 Å². The molecule has 0 N–H and O–H groups in total.